The van der Waals surface area contributed by atoms with Crippen molar-refractivity contribution in [1.82, 2.24) is 34.8 Å². The highest BCUT2D eigenvalue weighted by molar-refractivity contribution is 5.80. The van der Waals surface area contributed by atoms with E-state index in [1.54, 1.807) is 11.0 Å². The van der Waals surface area contributed by atoms with Gasteiger partial charge in [-0.2, -0.15) is 10.2 Å². The second-order valence-electron chi connectivity index (χ2n) is 6.03. The van der Waals surface area contributed by atoms with Gasteiger partial charge in [0, 0.05) is 40.4 Å². The van der Waals surface area contributed by atoms with Crippen LogP contribution >= 0.6 is 0 Å². The molecule has 0 aromatic carbocycles. The number of aliphatic imine (C=N–C) groups is 1. The lowest BCUT2D eigenvalue weighted by molar-refractivity contribution is 0.458. The summed E-state index contributed by atoms with van der Waals surface area (Å²) in [5, 5.41) is 11.7. The monoisotopic (exact) mass is 316 g/mol. The molecule has 2 aromatic rings. The molecule has 2 aromatic heterocycles. The van der Waals surface area contributed by atoms with Crippen molar-refractivity contribution in [2.24, 2.45) is 25.0 Å². The first-order valence-electron chi connectivity index (χ1n) is 7.91. The number of hydrogen-bond donors (Lipinski definition) is 1. The van der Waals surface area contributed by atoms with Crippen molar-refractivity contribution in [1.29, 1.82) is 0 Å². The first kappa shape index (κ1) is 15.5. The van der Waals surface area contributed by atoms with E-state index in [0.29, 0.717) is 12.5 Å². The Kier molecular flexibility index (Phi) is 4.59. The van der Waals surface area contributed by atoms with Crippen LogP contribution in [0.5, 0.6) is 0 Å². The van der Waals surface area contributed by atoms with E-state index in [0.717, 1.165) is 31.3 Å². The number of aromatic nitrogens is 5. The Labute approximate surface area is 136 Å². The highest BCUT2D eigenvalue weighted by atomic mass is 15.3. The highest BCUT2D eigenvalue weighted by Crippen LogP contribution is 2.20. The van der Waals surface area contributed by atoms with Gasteiger partial charge in [0.1, 0.15) is 12.2 Å². The first-order chi connectivity index (χ1) is 11.2. The standard InChI is InChI=1S/C15H24N8/c1-16-15(17-8-14-18-11-20-22(14)3)23-5-4-12(10-23)6-13-7-19-21(2)9-13/h7,9,11-12H,4-6,8,10H2,1-3H3,(H,16,17). The van der Waals surface area contributed by atoms with Crippen LogP contribution in [0, 0.1) is 5.92 Å². The molecule has 1 atom stereocenters. The summed E-state index contributed by atoms with van der Waals surface area (Å²) in [6.07, 6.45) is 7.89. The zero-order chi connectivity index (χ0) is 16.2. The lowest BCUT2D eigenvalue weighted by Gasteiger charge is -2.21. The first-order valence-corrected chi connectivity index (χ1v) is 7.91. The van der Waals surface area contributed by atoms with Crippen molar-refractivity contribution in [3.8, 4) is 0 Å². The van der Waals surface area contributed by atoms with Gasteiger partial charge in [0.15, 0.2) is 5.96 Å². The summed E-state index contributed by atoms with van der Waals surface area (Å²) in [4.78, 5) is 10.9. The molecular weight excluding hydrogens is 292 g/mol. The molecule has 0 spiro atoms. The van der Waals surface area contributed by atoms with Gasteiger partial charge in [0.25, 0.3) is 0 Å². The highest BCUT2D eigenvalue weighted by Gasteiger charge is 2.25. The number of rotatable bonds is 4. The summed E-state index contributed by atoms with van der Waals surface area (Å²) in [6.45, 7) is 2.68. The van der Waals surface area contributed by atoms with Crippen LogP contribution in [0.1, 0.15) is 17.8 Å². The Hall–Kier alpha value is -2.38. The maximum Gasteiger partial charge on any atom is 0.194 e. The molecule has 124 valence electrons. The summed E-state index contributed by atoms with van der Waals surface area (Å²) in [5.74, 6) is 2.48. The van der Waals surface area contributed by atoms with Gasteiger partial charge in [-0.3, -0.25) is 14.4 Å². The molecule has 8 heteroatoms. The molecule has 1 saturated heterocycles. The van der Waals surface area contributed by atoms with Crippen molar-refractivity contribution in [3.63, 3.8) is 0 Å². The molecule has 0 saturated carbocycles. The van der Waals surface area contributed by atoms with E-state index in [1.165, 1.54) is 12.0 Å². The summed E-state index contributed by atoms with van der Waals surface area (Å²) >= 11 is 0. The Morgan fingerprint density at radius 1 is 1.39 bits per heavy atom. The van der Waals surface area contributed by atoms with Gasteiger partial charge in [-0.25, -0.2) is 4.98 Å². The predicted molar refractivity (Wildman–Crippen MR) is 87.8 cm³/mol. The van der Waals surface area contributed by atoms with Crippen LogP contribution in [0.3, 0.4) is 0 Å². The van der Waals surface area contributed by atoms with E-state index in [4.69, 9.17) is 0 Å². The Morgan fingerprint density at radius 2 is 2.26 bits per heavy atom. The van der Waals surface area contributed by atoms with Crippen LogP contribution in [-0.4, -0.2) is 55.5 Å². The second-order valence-corrected chi connectivity index (χ2v) is 6.03. The fraction of sp³-hybridized carbons (Fsp3) is 0.600. The minimum absolute atomic E-state index is 0.632. The minimum atomic E-state index is 0.632. The van der Waals surface area contributed by atoms with Crippen LogP contribution in [0.2, 0.25) is 0 Å². The van der Waals surface area contributed by atoms with Crippen LogP contribution in [0.15, 0.2) is 23.7 Å². The minimum Gasteiger partial charge on any atom is -0.349 e. The largest absolute Gasteiger partial charge is 0.349 e. The molecule has 1 unspecified atom stereocenters. The summed E-state index contributed by atoms with van der Waals surface area (Å²) < 4.78 is 3.64. The third-order valence-electron chi connectivity index (χ3n) is 4.29. The normalized spacial score (nSPS) is 18.7. The van der Waals surface area contributed by atoms with Gasteiger partial charge in [-0.05, 0) is 24.3 Å². The van der Waals surface area contributed by atoms with E-state index in [9.17, 15) is 0 Å². The van der Waals surface area contributed by atoms with Gasteiger partial charge >= 0.3 is 0 Å². The molecule has 1 aliphatic heterocycles. The van der Waals surface area contributed by atoms with E-state index < -0.39 is 0 Å². The van der Waals surface area contributed by atoms with Gasteiger partial charge in [-0.1, -0.05) is 0 Å². The Balaban J connectivity index is 1.53. The van der Waals surface area contributed by atoms with Crippen LogP contribution in [0.4, 0.5) is 0 Å². The zero-order valence-electron chi connectivity index (χ0n) is 14.0. The van der Waals surface area contributed by atoms with Gasteiger partial charge in [0.2, 0.25) is 0 Å². The second kappa shape index (κ2) is 6.80. The predicted octanol–water partition coefficient (Wildman–Crippen LogP) is 0.189. The molecule has 1 fully saturated rings. The molecule has 23 heavy (non-hydrogen) atoms. The third-order valence-corrected chi connectivity index (χ3v) is 4.29. The Morgan fingerprint density at radius 3 is 2.91 bits per heavy atom. The average Bonchev–Trinajstić information content (AvgIpc) is 3.24. The zero-order valence-corrected chi connectivity index (χ0v) is 14.0. The van der Waals surface area contributed by atoms with Crippen molar-refractivity contribution >= 4 is 5.96 Å². The van der Waals surface area contributed by atoms with Crippen molar-refractivity contribution < 1.29 is 0 Å². The SMILES string of the molecule is CN=C(NCc1ncnn1C)N1CCC(Cc2cnn(C)c2)C1. The molecule has 0 bridgehead atoms. The summed E-state index contributed by atoms with van der Waals surface area (Å²) in [6, 6.07) is 0. The molecule has 0 amide bonds. The molecule has 8 nitrogen and oxygen atoms in total. The summed E-state index contributed by atoms with van der Waals surface area (Å²) in [7, 11) is 5.68. The van der Waals surface area contributed by atoms with Crippen LogP contribution < -0.4 is 5.32 Å². The van der Waals surface area contributed by atoms with Crippen molar-refractivity contribution in [2.45, 2.75) is 19.4 Å². The lowest BCUT2D eigenvalue weighted by Crippen LogP contribution is -2.40. The fourth-order valence-corrected chi connectivity index (χ4v) is 3.07. The third kappa shape index (κ3) is 3.69. The quantitative estimate of drug-likeness (QED) is 0.644. The van der Waals surface area contributed by atoms with Crippen molar-refractivity contribution in [2.75, 3.05) is 20.1 Å². The van der Waals surface area contributed by atoms with E-state index in [-0.39, 0.29) is 0 Å². The number of guanidine groups is 1. The van der Waals surface area contributed by atoms with Gasteiger partial charge < -0.3 is 10.2 Å². The van der Waals surface area contributed by atoms with Crippen LogP contribution in [0.25, 0.3) is 0 Å². The number of nitrogens with one attached hydrogen (secondary N) is 1. The van der Waals surface area contributed by atoms with E-state index >= 15 is 0 Å². The molecule has 3 rings (SSSR count). The topological polar surface area (TPSA) is 76.2 Å². The summed E-state index contributed by atoms with van der Waals surface area (Å²) in [5.41, 5.74) is 1.31. The smallest absolute Gasteiger partial charge is 0.194 e. The maximum absolute atomic E-state index is 4.40. The molecule has 0 radical (unpaired) electrons. The van der Waals surface area contributed by atoms with Crippen LogP contribution in [-0.2, 0) is 27.1 Å². The molecule has 0 aliphatic carbocycles. The number of aryl methyl sites for hydroxylation is 2. The molecule has 1 aliphatic rings. The fourth-order valence-electron chi connectivity index (χ4n) is 3.07. The maximum atomic E-state index is 4.40. The van der Waals surface area contributed by atoms with Gasteiger partial charge in [-0.15, -0.1) is 0 Å². The van der Waals surface area contributed by atoms with E-state index in [1.807, 2.05) is 32.0 Å². The van der Waals surface area contributed by atoms with Crippen molar-refractivity contribution in [3.05, 3.63) is 30.1 Å². The lowest BCUT2D eigenvalue weighted by atomic mass is 10.0. The van der Waals surface area contributed by atoms with Gasteiger partial charge in [0.05, 0.1) is 12.7 Å². The molecule has 1 N–H and O–H groups in total. The number of nitrogens with zero attached hydrogens (tertiary/aromatic N) is 7. The Bertz CT molecular complexity index is 671. The average molecular weight is 316 g/mol. The van der Waals surface area contributed by atoms with E-state index in [2.05, 4.69) is 36.6 Å². The molecular formula is C15H24N8. The number of hydrogen-bond acceptors (Lipinski definition) is 4. The molecule has 3 heterocycles. The number of likely N-dealkylation sites (tertiary alicyclic amines) is 1.